The van der Waals surface area contributed by atoms with Crippen molar-refractivity contribution < 1.29 is 14.3 Å². The highest BCUT2D eigenvalue weighted by Gasteiger charge is 2.14. The highest BCUT2D eigenvalue weighted by atomic mass is 16.6. The van der Waals surface area contributed by atoms with Crippen molar-refractivity contribution in [3.05, 3.63) is 35.9 Å². The van der Waals surface area contributed by atoms with E-state index in [1.165, 1.54) is 0 Å². The van der Waals surface area contributed by atoms with E-state index in [1.807, 2.05) is 30.3 Å². The van der Waals surface area contributed by atoms with Gasteiger partial charge in [-0.05, 0) is 5.56 Å². The highest BCUT2D eigenvalue weighted by molar-refractivity contribution is 5.73. The molecule has 0 aromatic heterocycles. The molecular formula is C13H18N2O3. The zero-order valence-electron chi connectivity index (χ0n) is 10.2. The molecule has 1 aromatic rings. The molecule has 0 saturated carbocycles. The van der Waals surface area contributed by atoms with Crippen molar-refractivity contribution in [2.75, 3.05) is 26.4 Å². The summed E-state index contributed by atoms with van der Waals surface area (Å²) >= 11 is 0. The van der Waals surface area contributed by atoms with E-state index in [2.05, 4.69) is 10.6 Å². The van der Waals surface area contributed by atoms with Crippen LogP contribution in [0.15, 0.2) is 30.3 Å². The van der Waals surface area contributed by atoms with Crippen molar-refractivity contribution in [3.8, 4) is 0 Å². The summed E-state index contributed by atoms with van der Waals surface area (Å²) in [6, 6.07) is 9.60. The number of rotatable bonds is 4. The lowest BCUT2D eigenvalue weighted by Crippen LogP contribution is -2.43. The van der Waals surface area contributed by atoms with Gasteiger partial charge in [-0.2, -0.15) is 0 Å². The maximum Gasteiger partial charge on any atom is 0.315 e. The van der Waals surface area contributed by atoms with E-state index in [0.29, 0.717) is 32.9 Å². The summed E-state index contributed by atoms with van der Waals surface area (Å²) < 4.78 is 10.7. The second kappa shape index (κ2) is 6.98. The Morgan fingerprint density at radius 3 is 2.78 bits per heavy atom. The van der Waals surface area contributed by atoms with Crippen LogP contribution in [0.3, 0.4) is 0 Å². The first-order chi connectivity index (χ1) is 8.84. The molecule has 0 spiro atoms. The minimum atomic E-state index is -0.187. The Morgan fingerprint density at radius 1 is 1.22 bits per heavy atom. The Kier molecular flexibility index (Phi) is 4.99. The summed E-state index contributed by atoms with van der Waals surface area (Å²) in [4.78, 5) is 11.5. The molecule has 0 radical (unpaired) electrons. The third-order valence-corrected chi connectivity index (χ3v) is 2.67. The number of urea groups is 1. The SMILES string of the molecule is O=C(NCc1ccccc1)NCC1COCCO1. The quantitative estimate of drug-likeness (QED) is 0.834. The minimum absolute atomic E-state index is 0.0405. The van der Waals surface area contributed by atoms with Crippen molar-refractivity contribution in [1.82, 2.24) is 10.6 Å². The van der Waals surface area contributed by atoms with Gasteiger partial charge in [0.25, 0.3) is 0 Å². The maximum atomic E-state index is 11.5. The van der Waals surface area contributed by atoms with E-state index in [9.17, 15) is 4.79 Å². The lowest BCUT2D eigenvalue weighted by molar-refractivity contribution is -0.0853. The van der Waals surface area contributed by atoms with Gasteiger partial charge in [0.05, 0.1) is 25.9 Å². The van der Waals surface area contributed by atoms with Gasteiger partial charge in [-0.15, -0.1) is 0 Å². The number of hydrogen-bond acceptors (Lipinski definition) is 3. The molecule has 18 heavy (non-hydrogen) atoms. The molecule has 1 atom stereocenters. The van der Waals surface area contributed by atoms with E-state index in [0.717, 1.165) is 5.56 Å². The van der Waals surface area contributed by atoms with Crippen LogP contribution in [0.5, 0.6) is 0 Å². The molecular weight excluding hydrogens is 232 g/mol. The summed E-state index contributed by atoms with van der Waals surface area (Å²) in [7, 11) is 0. The van der Waals surface area contributed by atoms with Gasteiger partial charge in [0, 0.05) is 13.1 Å². The van der Waals surface area contributed by atoms with Crippen LogP contribution < -0.4 is 10.6 Å². The van der Waals surface area contributed by atoms with Gasteiger partial charge >= 0.3 is 6.03 Å². The first-order valence-electron chi connectivity index (χ1n) is 6.09. The molecule has 2 amide bonds. The van der Waals surface area contributed by atoms with Crippen LogP contribution in [0, 0.1) is 0 Å². The van der Waals surface area contributed by atoms with Crippen LogP contribution in [-0.4, -0.2) is 38.5 Å². The van der Waals surface area contributed by atoms with Crippen LogP contribution in [-0.2, 0) is 16.0 Å². The Labute approximate surface area is 106 Å². The molecule has 1 aromatic carbocycles. The molecule has 5 heteroatoms. The molecule has 1 heterocycles. The molecule has 1 fully saturated rings. The van der Waals surface area contributed by atoms with Crippen molar-refractivity contribution in [2.24, 2.45) is 0 Å². The lowest BCUT2D eigenvalue weighted by atomic mass is 10.2. The monoisotopic (exact) mass is 250 g/mol. The third kappa shape index (κ3) is 4.35. The average Bonchev–Trinajstić information content (AvgIpc) is 2.45. The van der Waals surface area contributed by atoms with Crippen LogP contribution in [0.2, 0.25) is 0 Å². The molecule has 1 aliphatic heterocycles. The number of amides is 2. The Bertz CT molecular complexity index is 364. The fourth-order valence-corrected chi connectivity index (χ4v) is 1.70. The van der Waals surface area contributed by atoms with Crippen LogP contribution in [0.4, 0.5) is 4.79 Å². The summed E-state index contributed by atoms with van der Waals surface area (Å²) in [5.74, 6) is 0. The largest absolute Gasteiger partial charge is 0.376 e. The fourth-order valence-electron chi connectivity index (χ4n) is 1.70. The Balaban J connectivity index is 1.63. The van der Waals surface area contributed by atoms with Crippen molar-refractivity contribution in [2.45, 2.75) is 12.6 Å². The number of hydrogen-bond donors (Lipinski definition) is 2. The van der Waals surface area contributed by atoms with Gasteiger partial charge in [-0.25, -0.2) is 4.79 Å². The molecule has 2 rings (SSSR count). The highest BCUT2D eigenvalue weighted by Crippen LogP contribution is 1.99. The number of carbonyl (C=O) groups excluding carboxylic acids is 1. The van der Waals surface area contributed by atoms with E-state index in [4.69, 9.17) is 9.47 Å². The predicted octanol–water partition coefficient (Wildman–Crippen LogP) is 0.901. The first-order valence-corrected chi connectivity index (χ1v) is 6.09. The van der Waals surface area contributed by atoms with Crippen LogP contribution in [0.1, 0.15) is 5.56 Å². The maximum absolute atomic E-state index is 11.5. The molecule has 1 unspecified atom stereocenters. The molecule has 0 bridgehead atoms. The summed E-state index contributed by atoms with van der Waals surface area (Å²) in [5, 5.41) is 5.56. The van der Waals surface area contributed by atoms with Crippen molar-refractivity contribution in [3.63, 3.8) is 0 Å². The Hall–Kier alpha value is -1.59. The van der Waals surface area contributed by atoms with Gasteiger partial charge < -0.3 is 20.1 Å². The van der Waals surface area contributed by atoms with Gasteiger partial charge in [-0.3, -0.25) is 0 Å². The zero-order chi connectivity index (χ0) is 12.6. The Morgan fingerprint density at radius 2 is 2.06 bits per heavy atom. The fraction of sp³-hybridized carbons (Fsp3) is 0.462. The molecule has 98 valence electrons. The first kappa shape index (κ1) is 12.9. The molecule has 0 aliphatic carbocycles. The lowest BCUT2D eigenvalue weighted by Gasteiger charge is -2.23. The predicted molar refractivity (Wildman–Crippen MR) is 67.2 cm³/mol. The summed E-state index contributed by atoms with van der Waals surface area (Å²) in [6.45, 7) is 2.77. The second-order valence-electron chi connectivity index (χ2n) is 4.12. The summed E-state index contributed by atoms with van der Waals surface area (Å²) in [5.41, 5.74) is 1.07. The molecule has 1 saturated heterocycles. The third-order valence-electron chi connectivity index (χ3n) is 2.67. The van der Waals surface area contributed by atoms with Gasteiger partial charge in [0.1, 0.15) is 0 Å². The van der Waals surface area contributed by atoms with Crippen molar-refractivity contribution in [1.29, 1.82) is 0 Å². The normalized spacial score (nSPS) is 19.2. The summed E-state index contributed by atoms with van der Waals surface area (Å²) in [6.07, 6.45) is -0.0405. The topological polar surface area (TPSA) is 59.6 Å². The minimum Gasteiger partial charge on any atom is -0.376 e. The van der Waals surface area contributed by atoms with Crippen molar-refractivity contribution >= 4 is 6.03 Å². The van der Waals surface area contributed by atoms with Crippen LogP contribution in [0.25, 0.3) is 0 Å². The van der Waals surface area contributed by atoms with E-state index < -0.39 is 0 Å². The standard InChI is InChI=1S/C13H18N2O3/c16-13(14-8-11-4-2-1-3-5-11)15-9-12-10-17-6-7-18-12/h1-5,12H,6-10H2,(H2,14,15,16). The van der Waals surface area contributed by atoms with Gasteiger partial charge in [-0.1, -0.05) is 30.3 Å². The van der Waals surface area contributed by atoms with Crippen LogP contribution >= 0.6 is 0 Å². The number of ether oxygens (including phenoxy) is 2. The van der Waals surface area contributed by atoms with E-state index in [-0.39, 0.29) is 12.1 Å². The number of benzene rings is 1. The smallest absolute Gasteiger partial charge is 0.315 e. The molecule has 2 N–H and O–H groups in total. The molecule has 5 nitrogen and oxygen atoms in total. The molecule has 1 aliphatic rings. The second-order valence-corrected chi connectivity index (χ2v) is 4.12. The van der Waals surface area contributed by atoms with Gasteiger partial charge in [0.2, 0.25) is 0 Å². The average molecular weight is 250 g/mol. The number of nitrogens with one attached hydrogen (secondary N) is 2. The van der Waals surface area contributed by atoms with E-state index in [1.54, 1.807) is 0 Å². The van der Waals surface area contributed by atoms with Gasteiger partial charge in [0.15, 0.2) is 0 Å². The number of carbonyl (C=O) groups is 1. The zero-order valence-corrected chi connectivity index (χ0v) is 10.2. The van der Waals surface area contributed by atoms with E-state index >= 15 is 0 Å².